The van der Waals surface area contributed by atoms with Crippen molar-refractivity contribution in [1.29, 1.82) is 0 Å². The van der Waals surface area contributed by atoms with Crippen LogP contribution in [0, 0.1) is 5.82 Å². The maximum absolute atomic E-state index is 12.9. The number of piperidine rings is 1. The minimum atomic E-state index is -0.247. The Morgan fingerprint density at radius 3 is 2.96 bits per heavy atom. The zero-order chi connectivity index (χ0) is 16.2. The van der Waals surface area contributed by atoms with E-state index in [2.05, 4.69) is 22.5 Å². The topological polar surface area (TPSA) is 54.0 Å². The van der Waals surface area contributed by atoms with Crippen molar-refractivity contribution in [3.05, 3.63) is 51.7 Å². The molecule has 2 atom stereocenters. The zero-order valence-corrected chi connectivity index (χ0v) is 13.8. The predicted octanol–water partition coefficient (Wildman–Crippen LogP) is 2.74. The molecule has 122 valence electrons. The lowest BCUT2D eigenvalue weighted by molar-refractivity contribution is 0.0915. The van der Waals surface area contributed by atoms with E-state index in [9.17, 15) is 9.18 Å². The molecule has 0 saturated carbocycles. The fourth-order valence-corrected chi connectivity index (χ4v) is 3.57. The van der Waals surface area contributed by atoms with Crippen molar-refractivity contribution in [3.8, 4) is 0 Å². The van der Waals surface area contributed by atoms with Gasteiger partial charge in [0.2, 0.25) is 0 Å². The van der Waals surface area contributed by atoms with E-state index in [1.165, 1.54) is 23.5 Å². The second-order valence-electron chi connectivity index (χ2n) is 5.89. The Morgan fingerprint density at radius 2 is 2.22 bits per heavy atom. The molecule has 1 aliphatic heterocycles. The molecule has 3 rings (SSSR count). The molecule has 1 aliphatic rings. The molecule has 1 saturated heterocycles. The largest absolute Gasteiger partial charge is 0.346 e. The second kappa shape index (κ2) is 7.19. The van der Waals surface area contributed by atoms with Gasteiger partial charge in [-0.2, -0.15) is 0 Å². The molecule has 1 fully saturated rings. The maximum Gasteiger partial charge on any atom is 0.271 e. The highest BCUT2D eigenvalue weighted by molar-refractivity contribution is 7.09. The van der Waals surface area contributed by atoms with Gasteiger partial charge in [0.1, 0.15) is 11.5 Å². The predicted molar refractivity (Wildman–Crippen MR) is 89.3 cm³/mol. The Hall–Kier alpha value is -1.79. The lowest BCUT2D eigenvalue weighted by atomic mass is 10.00. The van der Waals surface area contributed by atoms with Crippen molar-refractivity contribution in [2.24, 2.45) is 0 Å². The number of hydrogen-bond acceptors (Lipinski definition) is 4. The summed E-state index contributed by atoms with van der Waals surface area (Å²) in [6.45, 7) is 3.09. The molecule has 6 heteroatoms. The quantitative estimate of drug-likeness (QED) is 0.904. The van der Waals surface area contributed by atoms with Crippen molar-refractivity contribution in [1.82, 2.24) is 15.6 Å². The van der Waals surface area contributed by atoms with E-state index in [-0.39, 0.29) is 23.8 Å². The minimum Gasteiger partial charge on any atom is -0.346 e. The maximum atomic E-state index is 12.9. The average molecular weight is 333 g/mol. The van der Waals surface area contributed by atoms with Gasteiger partial charge in [-0.25, -0.2) is 9.37 Å². The number of halogens is 1. The molecule has 2 aromatic rings. The monoisotopic (exact) mass is 333 g/mol. The summed E-state index contributed by atoms with van der Waals surface area (Å²) in [7, 11) is 0. The molecule has 2 N–H and O–H groups in total. The van der Waals surface area contributed by atoms with E-state index in [0.29, 0.717) is 12.1 Å². The molecule has 4 nitrogen and oxygen atoms in total. The molecule has 23 heavy (non-hydrogen) atoms. The van der Waals surface area contributed by atoms with Crippen LogP contribution in [0.25, 0.3) is 0 Å². The van der Waals surface area contributed by atoms with Gasteiger partial charge in [-0.3, -0.25) is 4.79 Å². The third-order valence-corrected chi connectivity index (χ3v) is 4.98. The first-order chi connectivity index (χ1) is 11.1. The van der Waals surface area contributed by atoms with E-state index in [1.807, 2.05) is 0 Å². The van der Waals surface area contributed by atoms with Crippen LogP contribution >= 0.6 is 11.3 Å². The van der Waals surface area contributed by atoms with Gasteiger partial charge in [0.25, 0.3) is 5.91 Å². The van der Waals surface area contributed by atoms with Gasteiger partial charge in [-0.1, -0.05) is 12.1 Å². The van der Waals surface area contributed by atoms with Crippen LogP contribution in [-0.2, 0) is 6.42 Å². The molecule has 0 bridgehead atoms. The summed E-state index contributed by atoms with van der Waals surface area (Å²) in [6, 6.07) is 6.79. The summed E-state index contributed by atoms with van der Waals surface area (Å²) in [5.74, 6) is -0.365. The number of carbonyl (C=O) groups is 1. The summed E-state index contributed by atoms with van der Waals surface area (Å²) in [4.78, 5) is 16.7. The number of thiazole rings is 1. The number of carbonyl (C=O) groups excluding carboxylic acids is 1. The highest BCUT2D eigenvalue weighted by atomic mass is 32.1. The van der Waals surface area contributed by atoms with Gasteiger partial charge < -0.3 is 10.6 Å². The third-order valence-electron chi connectivity index (χ3n) is 4.13. The van der Waals surface area contributed by atoms with Crippen LogP contribution in [0.1, 0.15) is 40.8 Å². The minimum absolute atomic E-state index is 0.118. The Bertz CT molecular complexity index is 671. The molecule has 0 spiro atoms. The van der Waals surface area contributed by atoms with Crippen molar-refractivity contribution < 1.29 is 9.18 Å². The van der Waals surface area contributed by atoms with Gasteiger partial charge in [0, 0.05) is 23.9 Å². The fraction of sp³-hybridized carbons (Fsp3) is 0.412. The van der Waals surface area contributed by atoms with E-state index in [1.54, 1.807) is 17.5 Å². The fourth-order valence-electron chi connectivity index (χ4n) is 2.76. The van der Waals surface area contributed by atoms with Crippen LogP contribution in [0.5, 0.6) is 0 Å². The van der Waals surface area contributed by atoms with Gasteiger partial charge in [-0.05, 0) is 44.0 Å². The summed E-state index contributed by atoms with van der Waals surface area (Å²) >= 11 is 1.46. The highest BCUT2D eigenvalue weighted by Crippen LogP contribution is 2.16. The summed E-state index contributed by atoms with van der Waals surface area (Å²) in [5.41, 5.74) is 1.45. The first kappa shape index (κ1) is 16.1. The van der Waals surface area contributed by atoms with E-state index < -0.39 is 0 Å². The van der Waals surface area contributed by atoms with Crippen LogP contribution in [0.3, 0.4) is 0 Å². The first-order valence-corrected chi connectivity index (χ1v) is 8.73. The number of nitrogens with zero attached hydrogens (tertiary/aromatic N) is 1. The summed E-state index contributed by atoms with van der Waals surface area (Å²) in [6.07, 6.45) is 2.67. The molecule has 1 aromatic heterocycles. The molecule has 1 aromatic carbocycles. The van der Waals surface area contributed by atoms with Crippen molar-refractivity contribution >= 4 is 17.2 Å². The number of aromatic nitrogens is 1. The van der Waals surface area contributed by atoms with E-state index in [0.717, 1.165) is 30.0 Å². The van der Waals surface area contributed by atoms with Crippen LogP contribution < -0.4 is 10.6 Å². The Labute approximate surface area is 139 Å². The second-order valence-corrected chi connectivity index (χ2v) is 6.84. The van der Waals surface area contributed by atoms with Gasteiger partial charge in [-0.15, -0.1) is 11.3 Å². The molecular formula is C17H20FN3OS. The SMILES string of the molecule is CC1NCCCC1NC(=O)c1csc(Cc2ccc(F)cc2)n1. The summed E-state index contributed by atoms with van der Waals surface area (Å²) in [5, 5.41) is 9.08. The van der Waals surface area contributed by atoms with Crippen LogP contribution in [0.4, 0.5) is 4.39 Å². The standard InChI is InChI=1S/C17H20FN3OS/c1-11-14(3-2-8-19-11)21-17(22)15-10-23-16(20-15)9-12-4-6-13(18)7-5-12/h4-7,10-11,14,19H,2-3,8-9H2,1H3,(H,21,22). The van der Waals surface area contributed by atoms with E-state index in [4.69, 9.17) is 0 Å². The number of hydrogen-bond donors (Lipinski definition) is 2. The zero-order valence-electron chi connectivity index (χ0n) is 13.0. The third kappa shape index (κ3) is 4.14. The van der Waals surface area contributed by atoms with Crippen LogP contribution in [-0.4, -0.2) is 29.5 Å². The normalized spacial score (nSPS) is 21.1. The average Bonchev–Trinajstić information content (AvgIpc) is 3.00. The molecule has 2 unspecified atom stereocenters. The highest BCUT2D eigenvalue weighted by Gasteiger charge is 2.23. The van der Waals surface area contributed by atoms with E-state index >= 15 is 0 Å². The van der Waals surface area contributed by atoms with Crippen LogP contribution in [0.15, 0.2) is 29.6 Å². The Kier molecular flexibility index (Phi) is 5.03. The first-order valence-electron chi connectivity index (χ1n) is 7.85. The number of nitrogens with one attached hydrogen (secondary N) is 2. The molecule has 2 heterocycles. The number of rotatable bonds is 4. The lowest BCUT2D eigenvalue weighted by Crippen LogP contribution is -2.51. The Balaban J connectivity index is 1.61. The van der Waals surface area contributed by atoms with Crippen molar-refractivity contribution in [3.63, 3.8) is 0 Å². The molecule has 1 amide bonds. The van der Waals surface area contributed by atoms with Crippen molar-refractivity contribution in [2.45, 2.75) is 38.3 Å². The lowest BCUT2D eigenvalue weighted by Gasteiger charge is -2.30. The van der Waals surface area contributed by atoms with Gasteiger partial charge >= 0.3 is 0 Å². The Morgan fingerprint density at radius 1 is 1.43 bits per heavy atom. The molecular weight excluding hydrogens is 313 g/mol. The number of benzene rings is 1. The van der Waals surface area contributed by atoms with Crippen molar-refractivity contribution in [2.75, 3.05) is 6.54 Å². The molecule has 0 aliphatic carbocycles. The molecule has 0 radical (unpaired) electrons. The smallest absolute Gasteiger partial charge is 0.271 e. The number of amides is 1. The van der Waals surface area contributed by atoms with Gasteiger partial charge in [0.05, 0.1) is 5.01 Å². The van der Waals surface area contributed by atoms with Crippen LogP contribution in [0.2, 0.25) is 0 Å². The van der Waals surface area contributed by atoms with Gasteiger partial charge in [0.15, 0.2) is 0 Å². The summed E-state index contributed by atoms with van der Waals surface area (Å²) < 4.78 is 12.9.